The van der Waals surface area contributed by atoms with Gasteiger partial charge in [-0.25, -0.2) is 14.8 Å². The van der Waals surface area contributed by atoms with E-state index in [1.165, 1.54) is 0 Å². The molecule has 0 aliphatic carbocycles. The van der Waals surface area contributed by atoms with Crippen LogP contribution in [0.2, 0.25) is 0 Å². The summed E-state index contributed by atoms with van der Waals surface area (Å²) in [5.74, 6) is 0.0406. The number of amides is 1. The molecule has 2 aromatic carbocycles. The summed E-state index contributed by atoms with van der Waals surface area (Å²) in [4.78, 5) is 21.7. The fourth-order valence-electron chi connectivity index (χ4n) is 3.16. The highest BCUT2D eigenvalue weighted by Crippen LogP contribution is 2.37. The summed E-state index contributed by atoms with van der Waals surface area (Å²) in [7, 11) is 0. The van der Waals surface area contributed by atoms with E-state index in [4.69, 9.17) is 0 Å². The number of benzene rings is 2. The first-order valence-electron chi connectivity index (χ1n) is 8.45. The second-order valence-electron chi connectivity index (χ2n) is 6.27. The van der Waals surface area contributed by atoms with Crippen LogP contribution in [0.3, 0.4) is 0 Å². The van der Waals surface area contributed by atoms with Gasteiger partial charge in [0.05, 0.1) is 17.9 Å². The second-order valence-corrected chi connectivity index (χ2v) is 6.27. The SMILES string of the molecule is O=C(O)N1CC(O)C(O)c2nc(-c3ccccc3)c(-c3ccccc3)nc21. The zero-order valence-corrected chi connectivity index (χ0v) is 14.2. The number of aromatic nitrogens is 2. The summed E-state index contributed by atoms with van der Waals surface area (Å²) in [5.41, 5.74) is 2.63. The zero-order chi connectivity index (χ0) is 19.0. The molecule has 3 N–H and O–H groups in total. The summed E-state index contributed by atoms with van der Waals surface area (Å²) in [6, 6.07) is 18.7. The number of carboxylic acid groups (broad SMARTS) is 1. The van der Waals surface area contributed by atoms with Crippen molar-refractivity contribution in [3.8, 4) is 22.5 Å². The van der Waals surface area contributed by atoms with Gasteiger partial charge in [0.2, 0.25) is 0 Å². The normalized spacial score (nSPS) is 18.8. The zero-order valence-electron chi connectivity index (χ0n) is 14.2. The van der Waals surface area contributed by atoms with Crippen LogP contribution in [0.1, 0.15) is 11.8 Å². The van der Waals surface area contributed by atoms with Crippen molar-refractivity contribution in [2.75, 3.05) is 11.4 Å². The molecule has 4 rings (SSSR count). The van der Waals surface area contributed by atoms with Crippen molar-refractivity contribution < 1.29 is 20.1 Å². The molecule has 136 valence electrons. The third kappa shape index (κ3) is 3.03. The molecule has 1 aliphatic heterocycles. The average molecular weight is 363 g/mol. The number of hydrogen-bond donors (Lipinski definition) is 3. The number of nitrogens with zero attached hydrogens (tertiary/aromatic N) is 3. The number of aliphatic hydroxyl groups is 2. The van der Waals surface area contributed by atoms with Gasteiger partial charge in [-0.2, -0.15) is 0 Å². The molecule has 7 nitrogen and oxygen atoms in total. The van der Waals surface area contributed by atoms with Gasteiger partial charge < -0.3 is 15.3 Å². The number of aliphatic hydroxyl groups excluding tert-OH is 2. The van der Waals surface area contributed by atoms with Crippen molar-refractivity contribution in [1.82, 2.24) is 9.97 Å². The maximum absolute atomic E-state index is 11.6. The van der Waals surface area contributed by atoms with Crippen molar-refractivity contribution in [2.45, 2.75) is 12.2 Å². The highest BCUT2D eigenvalue weighted by atomic mass is 16.4. The van der Waals surface area contributed by atoms with Crippen LogP contribution in [-0.4, -0.2) is 44.0 Å². The molecule has 0 spiro atoms. The molecule has 0 saturated carbocycles. The Hall–Kier alpha value is -3.29. The average Bonchev–Trinajstić information content (AvgIpc) is 2.71. The molecule has 27 heavy (non-hydrogen) atoms. The molecular formula is C20H17N3O4. The van der Waals surface area contributed by atoms with Crippen molar-refractivity contribution in [1.29, 1.82) is 0 Å². The standard InChI is InChI=1S/C20H17N3O4/c24-14-11-23(20(26)27)19-17(18(14)25)21-15(12-7-3-1-4-8-12)16(22-19)13-9-5-2-6-10-13/h1-10,14,18,24-25H,11H2,(H,26,27). The van der Waals surface area contributed by atoms with Crippen molar-refractivity contribution in [2.24, 2.45) is 0 Å². The molecule has 0 fully saturated rings. The van der Waals surface area contributed by atoms with Crippen LogP contribution in [0.5, 0.6) is 0 Å². The number of rotatable bonds is 2. The first-order valence-corrected chi connectivity index (χ1v) is 8.45. The van der Waals surface area contributed by atoms with Crippen LogP contribution in [-0.2, 0) is 0 Å². The Morgan fingerprint density at radius 2 is 1.41 bits per heavy atom. The van der Waals surface area contributed by atoms with E-state index in [0.717, 1.165) is 16.0 Å². The van der Waals surface area contributed by atoms with Crippen LogP contribution in [0.15, 0.2) is 60.7 Å². The Morgan fingerprint density at radius 1 is 0.889 bits per heavy atom. The number of hydrogen-bond acceptors (Lipinski definition) is 5. The molecule has 1 aliphatic rings. The van der Waals surface area contributed by atoms with Crippen molar-refractivity contribution in [3.05, 3.63) is 66.4 Å². The fraction of sp³-hybridized carbons (Fsp3) is 0.150. The first-order chi connectivity index (χ1) is 13.1. The van der Waals surface area contributed by atoms with Crippen LogP contribution < -0.4 is 4.90 Å². The Labute approximate surface area is 155 Å². The third-order valence-corrected chi connectivity index (χ3v) is 4.50. The molecule has 0 saturated heterocycles. The van der Waals surface area contributed by atoms with Crippen LogP contribution in [0.4, 0.5) is 10.6 Å². The van der Waals surface area contributed by atoms with E-state index < -0.39 is 18.3 Å². The Balaban J connectivity index is 2.00. The van der Waals surface area contributed by atoms with E-state index in [2.05, 4.69) is 9.97 Å². The molecule has 2 unspecified atom stereocenters. The van der Waals surface area contributed by atoms with E-state index in [1.54, 1.807) is 0 Å². The van der Waals surface area contributed by atoms with Gasteiger partial charge in [-0.05, 0) is 0 Å². The first kappa shape index (κ1) is 17.1. The summed E-state index contributed by atoms with van der Waals surface area (Å²) >= 11 is 0. The van der Waals surface area contributed by atoms with Gasteiger partial charge in [0, 0.05) is 11.1 Å². The number of β-amino-alcohol motifs (C(OH)–C–C–N with tert-alkyl or cyclic N) is 1. The molecule has 0 bridgehead atoms. The highest BCUT2D eigenvalue weighted by molar-refractivity contribution is 5.88. The number of anilines is 1. The molecule has 3 aromatic rings. The van der Waals surface area contributed by atoms with Gasteiger partial charge in [-0.1, -0.05) is 60.7 Å². The summed E-state index contributed by atoms with van der Waals surface area (Å²) in [5, 5.41) is 30.0. The topological polar surface area (TPSA) is 107 Å². The lowest BCUT2D eigenvalue weighted by atomic mass is 10.0. The largest absolute Gasteiger partial charge is 0.465 e. The van der Waals surface area contributed by atoms with Gasteiger partial charge in [0.25, 0.3) is 0 Å². The number of carbonyl (C=O) groups is 1. The van der Waals surface area contributed by atoms with Crippen LogP contribution in [0.25, 0.3) is 22.5 Å². The molecular weight excluding hydrogens is 346 g/mol. The van der Waals surface area contributed by atoms with E-state index in [1.807, 2.05) is 60.7 Å². The van der Waals surface area contributed by atoms with Gasteiger partial charge in [0.15, 0.2) is 5.82 Å². The summed E-state index contributed by atoms with van der Waals surface area (Å²) in [6.07, 6.45) is -3.84. The van der Waals surface area contributed by atoms with E-state index in [9.17, 15) is 20.1 Å². The molecule has 1 amide bonds. The molecule has 0 radical (unpaired) electrons. The fourth-order valence-corrected chi connectivity index (χ4v) is 3.16. The predicted octanol–water partition coefficient (Wildman–Crippen LogP) is 2.70. The summed E-state index contributed by atoms with van der Waals surface area (Å²) < 4.78 is 0. The lowest BCUT2D eigenvalue weighted by molar-refractivity contribution is 0.0152. The molecule has 2 heterocycles. The van der Waals surface area contributed by atoms with Crippen molar-refractivity contribution >= 4 is 11.9 Å². The van der Waals surface area contributed by atoms with Gasteiger partial charge in [-0.15, -0.1) is 0 Å². The van der Waals surface area contributed by atoms with Crippen LogP contribution in [0, 0.1) is 0 Å². The van der Waals surface area contributed by atoms with Gasteiger partial charge in [-0.3, -0.25) is 4.90 Å². The quantitative estimate of drug-likeness (QED) is 0.646. The van der Waals surface area contributed by atoms with Gasteiger partial charge in [0.1, 0.15) is 17.9 Å². The Kier molecular flexibility index (Phi) is 4.31. The minimum Gasteiger partial charge on any atom is -0.465 e. The second kappa shape index (κ2) is 6.79. The predicted molar refractivity (Wildman–Crippen MR) is 99.2 cm³/mol. The van der Waals surface area contributed by atoms with Gasteiger partial charge >= 0.3 is 6.09 Å². The minimum absolute atomic E-state index is 0.0406. The number of fused-ring (bicyclic) bond motifs is 1. The summed E-state index contributed by atoms with van der Waals surface area (Å²) in [6.45, 7) is -0.267. The highest BCUT2D eigenvalue weighted by Gasteiger charge is 2.37. The van der Waals surface area contributed by atoms with E-state index in [0.29, 0.717) is 11.4 Å². The lowest BCUT2D eigenvalue weighted by Gasteiger charge is -2.32. The molecule has 1 aromatic heterocycles. The third-order valence-electron chi connectivity index (χ3n) is 4.50. The lowest BCUT2D eigenvalue weighted by Crippen LogP contribution is -2.45. The van der Waals surface area contributed by atoms with E-state index >= 15 is 0 Å². The van der Waals surface area contributed by atoms with E-state index in [-0.39, 0.29) is 18.1 Å². The molecule has 7 heteroatoms. The van der Waals surface area contributed by atoms with Crippen LogP contribution >= 0.6 is 0 Å². The Morgan fingerprint density at radius 3 is 1.93 bits per heavy atom. The van der Waals surface area contributed by atoms with Crippen molar-refractivity contribution in [3.63, 3.8) is 0 Å². The Bertz CT molecular complexity index is 979. The monoisotopic (exact) mass is 363 g/mol. The molecule has 2 atom stereocenters. The minimum atomic E-state index is -1.31. The smallest absolute Gasteiger partial charge is 0.413 e. The maximum Gasteiger partial charge on any atom is 0.413 e. The maximum atomic E-state index is 11.6.